The largest absolute Gasteiger partial charge is 0.491 e. The fourth-order valence-electron chi connectivity index (χ4n) is 2.96. The van der Waals surface area contributed by atoms with Crippen molar-refractivity contribution in [2.75, 3.05) is 26.2 Å². The summed E-state index contributed by atoms with van der Waals surface area (Å²) in [5.74, 6) is 0.805. The number of aryl methyl sites for hydroxylation is 1. The van der Waals surface area contributed by atoms with E-state index in [0.717, 1.165) is 31.7 Å². The molecule has 1 aliphatic rings. The van der Waals surface area contributed by atoms with Crippen LogP contribution in [0.25, 0.3) is 0 Å². The summed E-state index contributed by atoms with van der Waals surface area (Å²) in [6, 6.07) is 8.32. The van der Waals surface area contributed by atoms with Crippen molar-refractivity contribution in [3.8, 4) is 5.75 Å². The van der Waals surface area contributed by atoms with Gasteiger partial charge in [-0.25, -0.2) is 4.68 Å². The lowest BCUT2D eigenvalue weighted by Crippen LogP contribution is -2.41. The van der Waals surface area contributed by atoms with E-state index in [2.05, 4.69) is 15.2 Å². The lowest BCUT2D eigenvalue weighted by Gasteiger charge is -2.32. The Labute approximate surface area is 136 Å². The fraction of sp³-hybridized carbons (Fsp3) is 0.529. The van der Waals surface area contributed by atoms with Gasteiger partial charge >= 0.3 is 0 Å². The molecule has 1 unspecified atom stereocenters. The number of piperidine rings is 1. The molecule has 1 fully saturated rings. The summed E-state index contributed by atoms with van der Waals surface area (Å²) in [7, 11) is 0. The van der Waals surface area contributed by atoms with Crippen LogP contribution in [0.15, 0.2) is 36.7 Å². The number of aliphatic hydroxyl groups excluding tert-OH is 1. The Kier molecular flexibility index (Phi) is 5.25. The molecule has 1 aromatic carbocycles. The van der Waals surface area contributed by atoms with Gasteiger partial charge in [-0.05, 0) is 31.9 Å². The number of ether oxygens (including phenoxy) is 1. The van der Waals surface area contributed by atoms with Gasteiger partial charge in [0.2, 0.25) is 0 Å². The molecular formula is C17H24N4O2. The molecule has 6 heteroatoms. The summed E-state index contributed by atoms with van der Waals surface area (Å²) < 4.78 is 7.58. The molecule has 0 saturated carbocycles. The molecule has 0 radical (unpaired) electrons. The molecule has 2 heterocycles. The van der Waals surface area contributed by atoms with E-state index in [-0.39, 0.29) is 0 Å². The predicted molar refractivity (Wildman–Crippen MR) is 87.4 cm³/mol. The first kappa shape index (κ1) is 16.0. The number of hydrogen-bond acceptors (Lipinski definition) is 5. The van der Waals surface area contributed by atoms with Crippen LogP contribution in [-0.2, 0) is 0 Å². The predicted octanol–water partition coefficient (Wildman–Crippen LogP) is 1.66. The van der Waals surface area contributed by atoms with Crippen molar-refractivity contribution in [3.63, 3.8) is 0 Å². The number of nitrogens with zero attached hydrogens (tertiary/aromatic N) is 4. The summed E-state index contributed by atoms with van der Waals surface area (Å²) >= 11 is 0. The topological polar surface area (TPSA) is 63.4 Å². The molecular weight excluding hydrogens is 292 g/mol. The highest BCUT2D eigenvalue weighted by molar-refractivity contribution is 5.26. The average Bonchev–Trinajstić information content (AvgIpc) is 3.09. The number of benzene rings is 1. The third-order valence-corrected chi connectivity index (χ3v) is 4.30. The molecule has 0 spiro atoms. The summed E-state index contributed by atoms with van der Waals surface area (Å²) in [6.45, 7) is 4.95. The van der Waals surface area contributed by atoms with E-state index in [0.29, 0.717) is 19.2 Å². The average molecular weight is 316 g/mol. The smallest absolute Gasteiger partial charge is 0.119 e. The van der Waals surface area contributed by atoms with E-state index >= 15 is 0 Å². The minimum absolute atomic E-state index is 0.325. The van der Waals surface area contributed by atoms with Gasteiger partial charge < -0.3 is 14.7 Å². The van der Waals surface area contributed by atoms with Gasteiger partial charge in [-0.3, -0.25) is 0 Å². The SMILES string of the molecule is Cc1ccc(OCC(O)CN2CCC(n3ccnn3)CC2)cc1. The van der Waals surface area contributed by atoms with E-state index in [1.807, 2.05) is 42.1 Å². The summed E-state index contributed by atoms with van der Waals surface area (Å²) in [4.78, 5) is 2.29. The molecule has 0 amide bonds. The van der Waals surface area contributed by atoms with E-state index in [1.54, 1.807) is 6.20 Å². The molecule has 1 aromatic heterocycles. The maximum atomic E-state index is 10.2. The van der Waals surface area contributed by atoms with Gasteiger partial charge in [0.15, 0.2) is 0 Å². The van der Waals surface area contributed by atoms with Crippen LogP contribution in [0.1, 0.15) is 24.4 Å². The molecule has 0 aliphatic carbocycles. The van der Waals surface area contributed by atoms with E-state index in [4.69, 9.17) is 4.74 Å². The lowest BCUT2D eigenvalue weighted by atomic mass is 10.1. The second kappa shape index (κ2) is 7.57. The Hall–Kier alpha value is -1.92. The monoisotopic (exact) mass is 316 g/mol. The first-order chi connectivity index (χ1) is 11.2. The quantitative estimate of drug-likeness (QED) is 0.878. The van der Waals surface area contributed by atoms with Gasteiger partial charge in [0.25, 0.3) is 0 Å². The van der Waals surface area contributed by atoms with Crippen LogP contribution in [-0.4, -0.2) is 57.3 Å². The summed E-state index contributed by atoms with van der Waals surface area (Å²) in [5, 5.41) is 18.1. The number of likely N-dealkylation sites (tertiary alicyclic amines) is 1. The highest BCUT2D eigenvalue weighted by atomic mass is 16.5. The van der Waals surface area contributed by atoms with E-state index < -0.39 is 6.10 Å². The van der Waals surface area contributed by atoms with Gasteiger partial charge in [0.1, 0.15) is 18.5 Å². The van der Waals surface area contributed by atoms with Crippen LogP contribution >= 0.6 is 0 Å². The van der Waals surface area contributed by atoms with Gasteiger partial charge in [0.05, 0.1) is 12.2 Å². The minimum Gasteiger partial charge on any atom is -0.491 e. The van der Waals surface area contributed by atoms with Crippen molar-refractivity contribution in [2.24, 2.45) is 0 Å². The molecule has 23 heavy (non-hydrogen) atoms. The Morgan fingerprint density at radius 1 is 1.26 bits per heavy atom. The van der Waals surface area contributed by atoms with Gasteiger partial charge in [-0.2, -0.15) is 0 Å². The minimum atomic E-state index is -0.473. The second-order valence-corrected chi connectivity index (χ2v) is 6.19. The second-order valence-electron chi connectivity index (χ2n) is 6.19. The lowest BCUT2D eigenvalue weighted by molar-refractivity contribution is 0.0549. The fourth-order valence-corrected chi connectivity index (χ4v) is 2.96. The molecule has 1 atom stereocenters. The number of β-amino-alcohol motifs (C(OH)–C–C–N with tert-alkyl or cyclic N) is 1. The number of aromatic nitrogens is 3. The Balaban J connectivity index is 1.39. The zero-order valence-electron chi connectivity index (χ0n) is 13.5. The Morgan fingerprint density at radius 3 is 2.65 bits per heavy atom. The zero-order chi connectivity index (χ0) is 16.1. The van der Waals surface area contributed by atoms with Crippen LogP contribution in [0, 0.1) is 6.92 Å². The molecule has 124 valence electrons. The highest BCUT2D eigenvalue weighted by Gasteiger charge is 2.22. The third-order valence-electron chi connectivity index (χ3n) is 4.30. The third kappa shape index (κ3) is 4.53. The molecule has 1 saturated heterocycles. The van der Waals surface area contributed by atoms with Crippen molar-refractivity contribution >= 4 is 0 Å². The van der Waals surface area contributed by atoms with Crippen LogP contribution < -0.4 is 4.74 Å². The van der Waals surface area contributed by atoms with Crippen LogP contribution in [0.4, 0.5) is 0 Å². The standard InChI is InChI=1S/C17H24N4O2/c1-14-2-4-17(5-3-14)23-13-16(22)12-20-9-6-15(7-10-20)21-11-8-18-19-21/h2-5,8,11,15-16,22H,6-7,9-10,12-13H2,1H3. The van der Waals surface area contributed by atoms with Crippen molar-refractivity contribution in [1.29, 1.82) is 0 Å². The van der Waals surface area contributed by atoms with Crippen LogP contribution in [0.5, 0.6) is 5.75 Å². The van der Waals surface area contributed by atoms with Crippen molar-refractivity contribution in [1.82, 2.24) is 19.9 Å². The molecule has 1 aliphatic heterocycles. The molecule has 1 N–H and O–H groups in total. The number of hydrogen-bond donors (Lipinski definition) is 1. The maximum Gasteiger partial charge on any atom is 0.119 e. The van der Waals surface area contributed by atoms with Crippen molar-refractivity contribution in [3.05, 3.63) is 42.2 Å². The van der Waals surface area contributed by atoms with E-state index in [9.17, 15) is 5.11 Å². The van der Waals surface area contributed by atoms with Gasteiger partial charge in [-0.1, -0.05) is 22.9 Å². The normalized spacial score (nSPS) is 18.0. The van der Waals surface area contributed by atoms with E-state index in [1.165, 1.54) is 5.56 Å². The molecule has 3 rings (SSSR count). The highest BCUT2D eigenvalue weighted by Crippen LogP contribution is 2.21. The first-order valence-electron chi connectivity index (χ1n) is 8.16. The first-order valence-corrected chi connectivity index (χ1v) is 8.16. The van der Waals surface area contributed by atoms with Crippen molar-refractivity contribution < 1.29 is 9.84 Å². The molecule has 2 aromatic rings. The van der Waals surface area contributed by atoms with Crippen LogP contribution in [0.2, 0.25) is 0 Å². The van der Waals surface area contributed by atoms with Gasteiger partial charge in [-0.15, -0.1) is 5.10 Å². The molecule has 0 bridgehead atoms. The van der Waals surface area contributed by atoms with Crippen LogP contribution in [0.3, 0.4) is 0 Å². The maximum absolute atomic E-state index is 10.2. The number of aliphatic hydroxyl groups is 1. The summed E-state index contributed by atoms with van der Waals surface area (Å²) in [6.07, 6.45) is 5.24. The van der Waals surface area contributed by atoms with Gasteiger partial charge in [0, 0.05) is 25.8 Å². The molecule has 6 nitrogen and oxygen atoms in total. The Bertz CT molecular complexity index is 577. The summed E-state index contributed by atoms with van der Waals surface area (Å²) in [5.41, 5.74) is 1.20. The number of rotatable bonds is 6. The zero-order valence-corrected chi connectivity index (χ0v) is 13.5. The Morgan fingerprint density at radius 2 is 2.00 bits per heavy atom. The van der Waals surface area contributed by atoms with Crippen molar-refractivity contribution in [2.45, 2.75) is 31.9 Å².